The van der Waals surface area contributed by atoms with Crippen LogP contribution in [0.15, 0.2) is 41.2 Å². The van der Waals surface area contributed by atoms with E-state index in [2.05, 4.69) is 5.32 Å². The molecule has 0 unspecified atom stereocenters. The number of hydrogen-bond acceptors (Lipinski definition) is 10. The number of rotatable bonds is 7. The number of hydrogen-bond donors (Lipinski definition) is 6. The van der Waals surface area contributed by atoms with Gasteiger partial charge in [0, 0.05) is 37.1 Å². The number of phenols is 1. The number of ether oxygens (including phenoxy) is 1. The minimum Gasteiger partial charge on any atom is -0.508 e. The van der Waals surface area contributed by atoms with Crippen molar-refractivity contribution < 1.29 is 39.5 Å². The number of amides is 1. The van der Waals surface area contributed by atoms with Crippen LogP contribution in [-0.2, 0) is 32.1 Å². The van der Waals surface area contributed by atoms with Gasteiger partial charge in [-0.1, -0.05) is 18.2 Å². The quantitative estimate of drug-likeness (QED) is 0.213. The van der Waals surface area contributed by atoms with Gasteiger partial charge in [-0.25, -0.2) is 0 Å². The van der Waals surface area contributed by atoms with Crippen LogP contribution in [0.25, 0.3) is 16.5 Å². The first-order valence-electron chi connectivity index (χ1n) is 13.0. The first-order chi connectivity index (χ1) is 18.9. The summed E-state index contributed by atoms with van der Waals surface area (Å²) < 4.78 is 5.04. The normalized spacial score (nSPS) is 26.3. The van der Waals surface area contributed by atoms with Gasteiger partial charge in [0.25, 0.3) is 5.91 Å². The minimum atomic E-state index is -2.65. The van der Waals surface area contributed by atoms with Gasteiger partial charge < -0.3 is 36.2 Å². The average Bonchev–Trinajstić information content (AvgIpc) is 2.88. The highest BCUT2D eigenvalue weighted by molar-refractivity contribution is 6.24. The minimum absolute atomic E-state index is 0.0522. The number of phenolic OH excluding ortho intramolecular Hbond substituents is 1. The van der Waals surface area contributed by atoms with Gasteiger partial charge in [0.15, 0.2) is 11.4 Å². The number of likely N-dealkylation sites (N-methyl/N-ethyl adjacent to an activating group) is 1. The predicted octanol–water partition coefficient (Wildman–Crippen LogP) is 0.853. The van der Waals surface area contributed by atoms with Gasteiger partial charge in [0.1, 0.15) is 22.8 Å². The largest absolute Gasteiger partial charge is 0.508 e. The van der Waals surface area contributed by atoms with Crippen LogP contribution in [0.1, 0.15) is 23.1 Å². The standard InChI is InChI=1S/C29H33N3O8/c1-32(2)22-18-11-16-10-15-9-14-5-4-13(12-31-6-7-40-3)8-17(14)23(33)19(15)24(34)20(16)26(36)29(18,39)27(37)21(25(22)35)28(30)38/h4-5,8-9,16,18,22,31,33-34,37,39H,6-7,10-12H2,1-3H3,(H2,30,38)/t16-,18-,22-,29-/m0/s1. The van der Waals surface area contributed by atoms with Gasteiger partial charge in [0.2, 0.25) is 5.78 Å². The SMILES string of the molecule is COCCNCc1ccc2cc3c(c(O)c2c1)C(O)=C1C(=O)[C@]2(O)C(O)=C(C(N)=O)C(=O)[C@@H](N(C)C)[C@@H]2C[C@@H]1C3. The molecule has 0 radical (unpaired) electrons. The van der Waals surface area contributed by atoms with Crippen LogP contribution in [0.3, 0.4) is 0 Å². The number of nitrogens with zero attached hydrogens (tertiary/aromatic N) is 1. The first-order valence-corrected chi connectivity index (χ1v) is 13.0. The van der Waals surface area contributed by atoms with E-state index in [0.717, 1.165) is 10.9 Å². The fourth-order valence-electron chi connectivity index (χ4n) is 6.57. The molecule has 2 aromatic carbocycles. The van der Waals surface area contributed by atoms with E-state index >= 15 is 0 Å². The van der Waals surface area contributed by atoms with Gasteiger partial charge in [-0.3, -0.25) is 19.3 Å². The van der Waals surface area contributed by atoms with Crippen molar-refractivity contribution in [2.75, 3.05) is 34.4 Å². The van der Waals surface area contributed by atoms with Crippen LogP contribution >= 0.6 is 0 Å². The highest BCUT2D eigenvalue weighted by atomic mass is 16.5. The lowest BCUT2D eigenvalue weighted by atomic mass is 9.57. The summed E-state index contributed by atoms with van der Waals surface area (Å²) in [5.74, 6) is -6.59. The maximum absolute atomic E-state index is 13.9. The van der Waals surface area contributed by atoms with E-state index in [0.29, 0.717) is 30.6 Å². The Balaban J connectivity index is 1.63. The second-order valence-electron chi connectivity index (χ2n) is 10.9. The number of fused-ring (bicyclic) bond motifs is 4. The molecule has 40 heavy (non-hydrogen) atoms. The molecule has 0 saturated heterocycles. The number of ketones is 2. The summed E-state index contributed by atoms with van der Waals surface area (Å²) in [5, 5.41) is 49.9. The van der Waals surface area contributed by atoms with Crippen molar-refractivity contribution in [2.45, 2.75) is 31.0 Å². The van der Waals surface area contributed by atoms with Crippen molar-refractivity contribution in [3.05, 3.63) is 57.9 Å². The Morgan fingerprint density at radius 2 is 1.93 bits per heavy atom. The predicted molar refractivity (Wildman–Crippen MR) is 145 cm³/mol. The van der Waals surface area contributed by atoms with E-state index in [1.807, 2.05) is 18.2 Å². The zero-order valence-corrected chi connectivity index (χ0v) is 22.5. The Hall–Kier alpha value is -3.77. The zero-order chi connectivity index (χ0) is 29.1. The molecule has 212 valence electrons. The van der Waals surface area contributed by atoms with Crippen LogP contribution < -0.4 is 11.1 Å². The van der Waals surface area contributed by atoms with E-state index in [-0.39, 0.29) is 29.7 Å². The van der Waals surface area contributed by atoms with Crippen molar-refractivity contribution in [2.24, 2.45) is 17.6 Å². The van der Waals surface area contributed by atoms with Crippen molar-refractivity contribution in [1.29, 1.82) is 0 Å². The van der Waals surface area contributed by atoms with Crippen molar-refractivity contribution >= 4 is 34.0 Å². The molecular weight excluding hydrogens is 518 g/mol. The Kier molecular flexibility index (Phi) is 6.95. The second kappa shape index (κ2) is 10.0. The van der Waals surface area contributed by atoms with Gasteiger partial charge in [-0.15, -0.1) is 0 Å². The fourth-order valence-corrected chi connectivity index (χ4v) is 6.57. The Labute approximate surface area is 230 Å². The van der Waals surface area contributed by atoms with E-state index in [1.54, 1.807) is 27.3 Å². The molecule has 0 aliphatic heterocycles. The summed E-state index contributed by atoms with van der Waals surface area (Å²) in [6, 6.07) is 6.34. The van der Waals surface area contributed by atoms with Crippen molar-refractivity contribution in [1.82, 2.24) is 10.2 Å². The molecule has 11 nitrogen and oxygen atoms in total. The average molecular weight is 552 g/mol. The van der Waals surface area contributed by atoms with Gasteiger partial charge in [-0.05, 0) is 55.4 Å². The molecular formula is C29H33N3O8. The summed E-state index contributed by atoms with van der Waals surface area (Å²) in [5.41, 5.74) is 3.29. The molecule has 0 spiro atoms. The number of Topliss-reactive ketones (excluding diaryl/α,β-unsaturated/α-hetero) is 2. The Bertz CT molecular complexity index is 1510. The zero-order valence-electron chi connectivity index (χ0n) is 22.5. The molecule has 1 fully saturated rings. The van der Waals surface area contributed by atoms with Gasteiger partial charge >= 0.3 is 0 Å². The molecule has 1 amide bonds. The lowest BCUT2D eigenvalue weighted by molar-refractivity contribution is -0.153. The van der Waals surface area contributed by atoms with Crippen LogP contribution in [0, 0.1) is 11.8 Å². The molecule has 7 N–H and O–H groups in total. The number of nitrogens with one attached hydrogen (secondary N) is 1. The van der Waals surface area contributed by atoms with Crippen LogP contribution in [-0.4, -0.2) is 88.8 Å². The molecule has 0 heterocycles. The maximum Gasteiger partial charge on any atom is 0.255 e. The molecule has 3 aliphatic rings. The number of nitrogens with two attached hydrogens (primary N) is 1. The number of aromatic hydroxyl groups is 1. The summed E-state index contributed by atoms with van der Waals surface area (Å²) in [6.07, 6.45) is 0.301. The summed E-state index contributed by atoms with van der Waals surface area (Å²) in [4.78, 5) is 40.7. The third-order valence-corrected chi connectivity index (χ3v) is 8.40. The highest BCUT2D eigenvalue weighted by Gasteiger charge is 2.64. The highest BCUT2D eigenvalue weighted by Crippen LogP contribution is 2.53. The van der Waals surface area contributed by atoms with Crippen molar-refractivity contribution in [3.63, 3.8) is 0 Å². The number of benzene rings is 2. The lowest BCUT2D eigenvalue weighted by Crippen LogP contribution is -2.65. The molecule has 1 saturated carbocycles. The number of carbonyl (C=O) groups is 3. The van der Waals surface area contributed by atoms with E-state index < -0.39 is 58.0 Å². The number of carbonyl (C=O) groups excluding carboxylic acids is 3. The third kappa shape index (κ3) is 4.00. The number of aliphatic hydroxyl groups excluding tert-OH is 2. The van der Waals surface area contributed by atoms with Gasteiger partial charge in [-0.2, -0.15) is 0 Å². The molecule has 11 heteroatoms. The monoisotopic (exact) mass is 551 g/mol. The Morgan fingerprint density at radius 1 is 1.20 bits per heavy atom. The molecule has 3 aliphatic carbocycles. The fraction of sp³-hybridized carbons (Fsp3) is 0.414. The van der Waals surface area contributed by atoms with E-state index in [1.165, 1.54) is 4.90 Å². The third-order valence-electron chi connectivity index (χ3n) is 8.40. The first kappa shape index (κ1) is 27.8. The summed E-state index contributed by atoms with van der Waals surface area (Å²) in [6.45, 7) is 1.72. The van der Waals surface area contributed by atoms with Crippen molar-refractivity contribution in [3.8, 4) is 5.75 Å². The maximum atomic E-state index is 13.9. The second-order valence-corrected chi connectivity index (χ2v) is 10.9. The van der Waals surface area contributed by atoms with E-state index in [9.17, 15) is 34.8 Å². The van der Waals surface area contributed by atoms with Crippen LogP contribution in [0.4, 0.5) is 0 Å². The number of aliphatic hydroxyl groups is 3. The molecule has 0 bridgehead atoms. The van der Waals surface area contributed by atoms with E-state index in [4.69, 9.17) is 10.5 Å². The van der Waals surface area contributed by atoms with Crippen LogP contribution in [0.2, 0.25) is 0 Å². The summed E-state index contributed by atoms with van der Waals surface area (Å²) >= 11 is 0. The van der Waals surface area contributed by atoms with Gasteiger partial charge in [0.05, 0.1) is 18.2 Å². The molecule has 4 atom stereocenters. The number of methoxy groups -OCH3 is 1. The topological polar surface area (TPSA) is 183 Å². The van der Waals surface area contributed by atoms with Crippen LogP contribution in [0.5, 0.6) is 5.75 Å². The molecule has 2 aromatic rings. The smallest absolute Gasteiger partial charge is 0.255 e. The summed E-state index contributed by atoms with van der Waals surface area (Å²) in [7, 11) is 4.75. The number of primary amides is 1. The Morgan fingerprint density at radius 3 is 2.58 bits per heavy atom. The molecule has 5 rings (SSSR count). The molecule has 0 aromatic heterocycles. The lowest BCUT2D eigenvalue weighted by Gasteiger charge is -2.50.